The molecule has 17 heavy (non-hydrogen) atoms. The van der Waals surface area contributed by atoms with Gasteiger partial charge in [-0.25, -0.2) is 8.42 Å². The van der Waals surface area contributed by atoms with Crippen molar-refractivity contribution in [2.75, 3.05) is 5.75 Å². The fraction of sp³-hybridized carbons (Fsp3) is 0.538. The first-order valence-electron chi connectivity index (χ1n) is 5.71. The average Bonchev–Trinajstić information content (AvgIpc) is 2.16. The highest BCUT2D eigenvalue weighted by molar-refractivity contribution is 7.90. The number of sulfone groups is 1. The third-order valence-corrected chi connectivity index (χ3v) is 4.42. The maximum Gasteiger partial charge on any atom is 0.155 e. The number of hydrogen-bond acceptors (Lipinski definition) is 3. The first-order valence-corrected chi connectivity index (χ1v) is 7.53. The van der Waals surface area contributed by atoms with Crippen LogP contribution in [0.15, 0.2) is 30.3 Å². The Labute approximate surface area is 104 Å². The molecule has 1 aromatic rings. The molecule has 1 unspecified atom stereocenters. The third kappa shape index (κ3) is 4.88. The monoisotopic (exact) mass is 255 g/mol. The van der Waals surface area contributed by atoms with E-state index in [4.69, 9.17) is 5.73 Å². The average molecular weight is 255 g/mol. The van der Waals surface area contributed by atoms with Crippen molar-refractivity contribution in [2.45, 2.75) is 32.6 Å². The maximum absolute atomic E-state index is 12.0. The quantitative estimate of drug-likeness (QED) is 0.895. The molecular weight excluding hydrogens is 234 g/mol. The number of nitrogens with two attached hydrogens (primary N) is 1. The molecule has 1 atom stereocenters. The highest BCUT2D eigenvalue weighted by Crippen LogP contribution is 2.19. The Bertz CT molecular complexity index is 446. The Morgan fingerprint density at radius 1 is 1.18 bits per heavy atom. The minimum Gasteiger partial charge on any atom is -0.326 e. The van der Waals surface area contributed by atoms with E-state index in [0.29, 0.717) is 0 Å². The van der Waals surface area contributed by atoms with Crippen molar-refractivity contribution in [1.29, 1.82) is 0 Å². The number of hydrogen-bond donors (Lipinski definition) is 1. The standard InChI is InChI=1S/C13H21NO2S/c1-13(2,3)12(14)10-17(15,16)9-11-7-5-4-6-8-11/h4-8,12H,9-10,14H2,1-3H3. The van der Waals surface area contributed by atoms with E-state index in [0.717, 1.165) is 5.56 Å². The van der Waals surface area contributed by atoms with Gasteiger partial charge in [0.25, 0.3) is 0 Å². The molecule has 0 heterocycles. The smallest absolute Gasteiger partial charge is 0.155 e. The van der Waals surface area contributed by atoms with E-state index in [9.17, 15) is 8.42 Å². The summed E-state index contributed by atoms with van der Waals surface area (Å²) in [4.78, 5) is 0. The molecule has 0 amide bonds. The van der Waals surface area contributed by atoms with Gasteiger partial charge in [-0.3, -0.25) is 0 Å². The molecule has 0 saturated heterocycles. The van der Waals surface area contributed by atoms with Crippen molar-refractivity contribution < 1.29 is 8.42 Å². The van der Waals surface area contributed by atoms with Gasteiger partial charge in [0.2, 0.25) is 0 Å². The molecule has 0 aliphatic carbocycles. The Kier molecular flexibility index (Phi) is 4.33. The van der Waals surface area contributed by atoms with Crippen LogP contribution in [0.3, 0.4) is 0 Å². The van der Waals surface area contributed by atoms with Crippen LogP contribution in [0.2, 0.25) is 0 Å². The molecule has 0 radical (unpaired) electrons. The Morgan fingerprint density at radius 3 is 2.18 bits per heavy atom. The zero-order valence-corrected chi connectivity index (χ0v) is 11.5. The minimum absolute atomic E-state index is 0.0331. The zero-order chi connectivity index (χ0) is 13.1. The van der Waals surface area contributed by atoms with Crippen LogP contribution >= 0.6 is 0 Å². The molecule has 0 spiro atoms. The van der Waals surface area contributed by atoms with E-state index in [2.05, 4.69) is 0 Å². The fourth-order valence-electron chi connectivity index (χ4n) is 1.41. The summed E-state index contributed by atoms with van der Waals surface area (Å²) in [6, 6.07) is 8.86. The zero-order valence-electron chi connectivity index (χ0n) is 10.7. The number of rotatable bonds is 4. The van der Waals surface area contributed by atoms with Crippen LogP contribution in [-0.4, -0.2) is 20.2 Å². The molecule has 0 bridgehead atoms. The van der Waals surface area contributed by atoms with Crippen LogP contribution in [-0.2, 0) is 15.6 Å². The van der Waals surface area contributed by atoms with Gasteiger partial charge in [-0.2, -0.15) is 0 Å². The van der Waals surface area contributed by atoms with Gasteiger partial charge in [0, 0.05) is 6.04 Å². The molecular formula is C13H21NO2S. The molecule has 0 saturated carbocycles. The van der Waals surface area contributed by atoms with Crippen molar-refractivity contribution in [2.24, 2.45) is 11.1 Å². The summed E-state index contributed by atoms with van der Waals surface area (Å²) in [6.45, 7) is 5.86. The fourth-order valence-corrected chi connectivity index (χ4v) is 3.28. The van der Waals surface area contributed by atoms with Crippen LogP contribution in [0.5, 0.6) is 0 Å². The predicted octanol–water partition coefficient (Wildman–Crippen LogP) is 1.97. The summed E-state index contributed by atoms with van der Waals surface area (Å²) in [6.07, 6.45) is 0. The lowest BCUT2D eigenvalue weighted by atomic mass is 9.89. The van der Waals surface area contributed by atoms with Crippen LogP contribution in [0.1, 0.15) is 26.3 Å². The lowest BCUT2D eigenvalue weighted by molar-refractivity contribution is 0.340. The minimum atomic E-state index is -3.14. The summed E-state index contributed by atoms with van der Waals surface area (Å²) in [7, 11) is -3.14. The van der Waals surface area contributed by atoms with Gasteiger partial charge >= 0.3 is 0 Å². The molecule has 3 nitrogen and oxygen atoms in total. The normalized spacial score (nSPS) is 14.6. The van der Waals surface area contributed by atoms with Gasteiger partial charge in [0.05, 0.1) is 11.5 Å². The van der Waals surface area contributed by atoms with Crippen molar-refractivity contribution >= 4 is 9.84 Å². The summed E-state index contributed by atoms with van der Waals surface area (Å²) in [5.41, 5.74) is 6.53. The van der Waals surface area contributed by atoms with E-state index in [1.54, 1.807) is 0 Å². The molecule has 1 aromatic carbocycles. The van der Waals surface area contributed by atoms with Gasteiger partial charge in [0.1, 0.15) is 0 Å². The van der Waals surface area contributed by atoms with Crippen molar-refractivity contribution in [1.82, 2.24) is 0 Å². The van der Waals surface area contributed by atoms with E-state index >= 15 is 0 Å². The lowest BCUT2D eigenvalue weighted by Crippen LogP contribution is -2.41. The van der Waals surface area contributed by atoms with Gasteiger partial charge < -0.3 is 5.73 Å². The van der Waals surface area contributed by atoms with Crippen molar-refractivity contribution in [3.63, 3.8) is 0 Å². The highest BCUT2D eigenvalue weighted by Gasteiger charge is 2.26. The maximum atomic E-state index is 12.0. The second kappa shape index (κ2) is 5.19. The van der Waals surface area contributed by atoms with Crippen LogP contribution < -0.4 is 5.73 Å². The van der Waals surface area contributed by atoms with E-state index in [-0.39, 0.29) is 23.0 Å². The Balaban J connectivity index is 2.71. The first-order chi connectivity index (χ1) is 7.71. The molecule has 0 aliphatic heterocycles. The Morgan fingerprint density at radius 2 is 1.71 bits per heavy atom. The van der Waals surface area contributed by atoms with Gasteiger partial charge in [-0.05, 0) is 11.0 Å². The summed E-state index contributed by atoms with van der Waals surface area (Å²) >= 11 is 0. The Hall–Kier alpha value is -0.870. The second-order valence-corrected chi connectivity index (χ2v) is 7.62. The largest absolute Gasteiger partial charge is 0.326 e. The molecule has 96 valence electrons. The lowest BCUT2D eigenvalue weighted by Gasteiger charge is -2.26. The molecule has 4 heteroatoms. The van der Waals surface area contributed by atoms with Gasteiger partial charge in [-0.1, -0.05) is 51.1 Å². The number of benzene rings is 1. The summed E-state index contributed by atoms with van der Waals surface area (Å²) in [5, 5.41) is 0. The second-order valence-electron chi connectivity index (χ2n) is 5.51. The molecule has 2 N–H and O–H groups in total. The van der Waals surface area contributed by atoms with Crippen LogP contribution in [0, 0.1) is 5.41 Å². The molecule has 0 aliphatic rings. The summed E-state index contributed by atoms with van der Waals surface area (Å²) in [5.74, 6) is 0.100. The molecule has 1 rings (SSSR count). The predicted molar refractivity (Wildman–Crippen MR) is 71.4 cm³/mol. The summed E-state index contributed by atoms with van der Waals surface area (Å²) < 4.78 is 24.0. The topological polar surface area (TPSA) is 60.2 Å². The SMILES string of the molecule is CC(C)(C)C(N)CS(=O)(=O)Cc1ccccc1. The van der Waals surface area contributed by atoms with Gasteiger partial charge in [0.15, 0.2) is 9.84 Å². The van der Waals surface area contributed by atoms with Crippen LogP contribution in [0.25, 0.3) is 0 Å². The van der Waals surface area contributed by atoms with E-state index in [1.165, 1.54) is 0 Å². The third-order valence-electron chi connectivity index (χ3n) is 2.78. The van der Waals surface area contributed by atoms with Crippen molar-refractivity contribution in [3.8, 4) is 0 Å². The van der Waals surface area contributed by atoms with Crippen LogP contribution in [0.4, 0.5) is 0 Å². The van der Waals surface area contributed by atoms with E-state index < -0.39 is 9.84 Å². The van der Waals surface area contributed by atoms with Gasteiger partial charge in [-0.15, -0.1) is 0 Å². The highest BCUT2D eigenvalue weighted by atomic mass is 32.2. The molecule has 0 fully saturated rings. The van der Waals surface area contributed by atoms with E-state index in [1.807, 2.05) is 51.1 Å². The molecule has 0 aromatic heterocycles. The first kappa shape index (κ1) is 14.2. The van der Waals surface area contributed by atoms with Crippen molar-refractivity contribution in [3.05, 3.63) is 35.9 Å².